The summed E-state index contributed by atoms with van der Waals surface area (Å²) < 4.78 is 80.5. The van der Waals surface area contributed by atoms with Crippen molar-refractivity contribution in [1.82, 2.24) is 20.1 Å². The number of ether oxygens (including phenoxy) is 1. The number of fused-ring (bicyclic) bond motifs is 1. The van der Waals surface area contributed by atoms with E-state index >= 15 is 8.78 Å². The molecule has 2 aromatic carbocycles. The number of alkyl halides is 5. The van der Waals surface area contributed by atoms with Gasteiger partial charge in [-0.3, -0.25) is 4.79 Å². The Hall–Kier alpha value is -3.38. The minimum atomic E-state index is -4.66. The van der Waals surface area contributed by atoms with Crippen LogP contribution in [0.5, 0.6) is 0 Å². The number of aryl methyl sites for hydroxylation is 1. The number of halogens is 5. The molecule has 40 heavy (non-hydrogen) atoms. The second-order valence-electron chi connectivity index (χ2n) is 11.3. The zero-order valence-corrected chi connectivity index (χ0v) is 22.0. The van der Waals surface area contributed by atoms with E-state index in [0.29, 0.717) is 5.56 Å². The Kier molecular flexibility index (Phi) is 6.08. The fourth-order valence-corrected chi connectivity index (χ4v) is 5.82. The number of hydrogen-bond donors (Lipinski definition) is 1. The summed E-state index contributed by atoms with van der Waals surface area (Å²) in [5, 5.41) is 10.5. The van der Waals surface area contributed by atoms with Crippen LogP contribution in [0.4, 0.5) is 27.6 Å². The summed E-state index contributed by atoms with van der Waals surface area (Å²) in [6.07, 6.45) is -0.539. The van der Waals surface area contributed by atoms with Crippen molar-refractivity contribution in [3.05, 3.63) is 76.4 Å². The van der Waals surface area contributed by atoms with E-state index in [1.165, 1.54) is 48.6 Å². The zero-order chi connectivity index (χ0) is 28.5. The van der Waals surface area contributed by atoms with Crippen LogP contribution >= 0.6 is 0 Å². The van der Waals surface area contributed by atoms with E-state index in [-0.39, 0.29) is 54.2 Å². The Morgan fingerprint density at radius 3 is 2.42 bits per heavy atom. The number of nitrogens with zero attached hydrogens (tertiary/aromatic N) is 4. The van der Waals surface area contributed by atoms with Gasteiger partial charge in [0.2, 0.25) is 5.82 Å². The van der Waals surface area contributed by atoms with Gasteiger partial charge < -0.3 is 19.5 Å². The van der Waals surface area contributed by atoms with E-state index in [4.69, 9.17) is 4.74 Å². The van der Waals surface area contributed by atoms with Gasteiger partial charge in [-0.05, 0) is 67.1 Å². The van der Waals surface area contributed by atoms with Crippen molar-refractivity contribution in [2.24, 2.45) is 7.05 Å². The third-order valence-corrected chi connectivity index (χ3v) is 8.58. The number of amides is 1. The molecule has 12 heteroatoms. The average molecular weight is 562 g/mol. The van der Waals surface area contributed by atoms with E-state index in [1.54, 1.807) is 0 Å². The van der Waals surface area contributed by atoms with Crippen molar-refractivity contribution in [3.8, 4) is 0 Å². The Labute approximate surface area is 227 Å². The zero-order valence-electron chi connectivity index (χ0n) is 22.0. The highest BCUT2D eigenvalue weighted by Crippen LogP contribution is 2.51. The predicted octanol–water partition coefficient (Wildman–Crippen LogP) is 5.09. The van der Waals surface area contributed by atoms with Crippen molar-refractivity contribution in [1.29, 1.82) is 0 Å². The molecule has 212 valence electrons. The molecule has 0 atom stereocenters. The molecule has 0 bridgehead atoms. The minimum Gasteiger partial charge on any atom is -0.379 e. The van der Waals surface area contributed by atoms with Gasteiger partial charge in [0.05, 0.1) is 25.3 Å². The second-order valence-corrected chi connectivity index (χ2v) is 11.3. The average Bonchev–Trinajstić information content (AvgIpc) is 3.43. The molecule has 2 fully saturated rings. The summed E-state index contributed by atoms with van der Waals surface area (Å²) in [6, 6.07) is 8.61. The van der Waals surface area contributed by atoms with Crippen molar-refractivity contribution in [2.75, 3.05) is 18.1 Å². The lowest BCUT2D eigenvalue weighted by atomic mass is 9.72. The van der Waals surface area contributed by atoms with Gasteiger partial charge in [0.15, 0.2) is 0 Å². The number of benzene rings is 2. The summed E-state index contributed by atoms with van der Waals surface area (Å²) in [7, 11) is 1.42. The molecule has 0 radical (unpaired) electrons. The smallest absolute Gasteiger partial charge is 0.379 e. The molecule has 1 amide bonds. The van der Waals surface area contributed by atoms with Crippen LogP contribution in [0.25, 0.3) is 0 Å². The quantitative estimate of drug-likeness (QED) is 0.407. The second kappa shape index (κ2) is 9.07. The van der Waals surface area contributed by atoms with Crippen LogP contribution in [0.1, 0.15) is 64.6 Å². The molecule has 2 aliphatic heterocycles. The van der Waals surface area contributed by atoms with E-state index in [9.17, 15) is 18.0 Å². The van der Waals surface area contributed by atoms with Crippen molar-refractivity contribution < 1.29 is 31.5 Å². The van der Waals surface area contributed by atoms with Gasteiger partial charge in [-0.15, -0.1) is 10.2 Å². The molecule has 3 heterocycles. The molecule has 3 aromatic rings. The van der Waals surface area contributed by atoms with Gasteiger partial charge in [-0.1, -0.05) is 12.1 Å². The third-order valence-electron chi connectivity index (χ3n) is 8.58. The molecular formula is C28H28F5N5O2. The molecule has 1 N–H and O–H groups in total. The number of anilines is 1. The van der Waals surface area contributed by atoms with Crippen molar-refractivity contribution in [2.45, 2.75) is 62.3 Å². The van der Waals surface area contributed by atoms with E-state index in [2.05, 4.69) is 15.5 Å². The van der Waals surface area contributed by atoms with Crippen LogP contribution in [0.2, 0.25) is 0 Å². The monoisotopic (exact) mass is 561 g/mol. The third kappa shape index (κ3) is 4.11. The van der Waals surface area contributed by atoms with Gasteiger partial charge in [-0.2, -0.15) is 22.0 Å². The Balaban J connectivity index is 1.34. The molecule has 0 unspecified atom stereocenters. The van der Waals surface area contributed by atoms with E-state index in [0.717, 1.165) is 29.9 Å². The highest BCUT2D eigenvalue weighted by molar-refractivity contribution is 6.10. The van der Waals surface area contributed by atoms with E-state index < -0.39 is 34.8 Å². The maximum Gasteiger partial charge on any atom is 0.416 e. The van der Waals surface area contributed by atoms with Crippen molar-refractivity contribution >= 4 is 11.6 Å². The molecule has 1 saturated heterocycles. The Morgan fingerprint density at radius 2 is 1.85 bits per heavy atom. The fraction of sp³-hybridized carbons (Fsp3) is 0.464. The molecule has 1 saturated carbocycles. The number of aromatic nitrogens is 3. The Morgan fingerprint density at radius 1 is 1.10 bits per heavy atom. The molecule has 7 nitrogen and oxygen atoms in total. The van der Waals surface area contributed by atoms with Crippen LogP contribution in [-0.2, 0) is 42.4 Å². The SMILES string of the molecule is Cn1cnnc1C(F)(F)C1(c2cccc(N3Cc4c(cc(CNC5(C)CCC5)cc4C(F)(F)F)C3=O)c2)COC1. The van der Waals surface area contributed by atoms with Gasteiger partial charge >= 0.3 is 12.1 Å². The topological polar surface area (TPSA) is 72.3 Å². The summed E-state index contributed by atoms with van der Waals surface area (Å²) in [5.74, 6) is -4.60. The largest absolute Gasteiger partial charge is 0.416 e. The fourth-order valence-electron chi connectivity index (χ4n) is 5.82. The lowest BCUT2D eigenvalue weighted by Gasteiger charge is -2.46. The van der Waals surface area contributed by atoms with Gasteiger partial charge in [-0.25, -0.2) is 0 Å². The first-order chi connectivity index (χ1) is 18.8. The number of carbonyl (C=O) groups excluding carboxylic acids is 1. The summed E-state index contributed by atoms with van der Waals surface area (Å²) >= 11 is 0. The maximum atomic E-state index is 15.8. The van der Waals surface area contributed by atoms with Crippen LogP contribution in [0.3, 0.4) is 0 Å². The summed E-state index contributed by atoms with van der Waals surface area (Å²) in [5.41, 5.74) is -2.09. The number of nitrogens with one attached hydrogen (secondary N) is 1. The molecule has 0 spiro atoms. The first kappa shape index (κ1) is 26.8. The van der Waals surface area contributed by atoms with Crippen LogP contribution in [0.15, 0.2) is 42.7 Å². The maximum absolute atomic E-state index is 15.8. The predicted molar refractivity (Wildman–Crippen MR) is 135 cm³/mol. The molecule has 6 rings (SSSR count). The van der Waals surface area contributed by atoms with Crippen molar-refractivity contribution in [3.63, 3.8) is 0 Å². The normalized spacial score (nSPS) is 19.8. The number of hydrogen-bond acceptors (Lipinski definition) is 5. The first-order valence-electron chi connectivity index (χ1n) is 13.1. The standard InChI is InChI=1S/C28H28F5N5O2/c1-25(7-4-8-25)34-12-17-9-20-21(22(10-17)28(31,32)33)13-38(23(20)39)19-6-3-5-18(11-19)26(14-40-15-26)27(29,30)24-36-35-16-37(24)2/h3,5-6,9-11,16,34H,4,7-8,12-15H2,1-2H3. The molecular weight excluding hydrogens is 533 g/mol. The lowest BCUT2D eigenvalue weighted by molar-refractivity contribution is -0.206. The van der Waals surface area contributed by atoms with Gasteiger partial charge in [0.1, 0.15) is 11.7 Å². The highest BCUT2D eigenvalue weighted by atomic mass is 19.4. The van der Waals surface area contributed by atoms with Crippen LogP contribution < -0.4 is 10.2 Å². The van der Waals surface area contributed by atoms with E-state index in [1.807, 2.05) is 6.92 Å². The molecule has 1 aromatic heterocycles. The Bertz CT molecular complexity index is 1480. The van der Waals surface area contributed by atoms with Gasteiger partial charge in [0.25, 0.3) is 5.91 Å². The molecule has 1 aliphatic carbocycles. The number of rotatable bonds is 7. The van der Waals surface area contributed by atoms with Gasteiger partial charge in [0, 0.05) is 30.4 Å². The highest BCUT2D eigenvalue weighted by Gasteiger charge is 2.63. The number of carbonyl (C=O) groups is 1. The van der Waals surface area contributed by atoms with Crippen LogP contribution in [-0.4, -0.2) is 39.4 Å². The lowest BCUT2D eigenvalue weighted by Crippen LogP contribution is -2.58. The summed E-state index contributed by atoms with van der Waals surface area (Å²) in [6.45, 7) is 1.33. The van der Waals surface area contributed by atoms with Crippen LogP contribution in [0, 0.1) is 0 Å². The molecule has 3 aliphatic rings. The summed E-state index contributed by atoms with van der Waals surface area (Å²) in [4.78, 5) is 14.7. The first-order valence-corrected chi connectivity index (χ1v) is 13.1. The minimum absolute atomic E-state index is 0.0260.